The summed E-state index contributed by atoms with van der Waals surface area (Å²) < 4.78 is 1.52. The lowest BCUT2D eigenvalue weighted by atomic mass is 10.2. The predicted molar refractivity (Wildman–Crippen MR) is 92.4 cm³/mol. The number of unbranched alkanes of at least 4 members (excludes halogenated alkanes) is 1. The standard InChI is InChI=1S/C18H25N3O2/c1-4-6-11-20(14(3)5-2)18(23)13-21-16-10-8-7-9-15(16)19-12-17(21)22/h7-10,12,14H,4-6,11,13H2,1-3H3. The monoisotopic (exact) mass is 315 g/mol. The third-order valence-electron chi connectivity index (χ3n) is 4.24. The number of benzene rings is 1. The van der Waals surface area contributed by atoms with Gasteiger partial charge in [0.2, 0.25) is 5.91 Å². The lowest BCUT2D eigenvalue weighted by Crippen LogP contribution is -2.42. The van der Waals surface area contributed by atoms with Gasteiger partial charge in [0.15, 0.2) is 0 Å². The van der Waals surface area contributed by atoms with Crippen LogP contribution in [0.25, 0.3) is 11.0 Å². The zero-order chi connectivity index (χ0) is 16.8. The van der Waals surface area contributed by atoms with Gasteiger partial charge in [0.25, 0.3) is 5.56 Å². The van der Waals surface area contributed by atoms with Crippen molar-refractivity contribution in [2.75, 3.05) is 6.54 Å². The van der Waals surface area contributed by atoms with Crippen molar-refractivity contribution in [3.63, 3.8) is 0 Å². The Morgan fingerprint density at radius 3 is 2.74 bits per heavy atom. The highest BCUT2D eigenvalue weighted by Crippen LogP contribution is 2.11. The molecule has 1 heterocycles. The van der Waals surface area contributed by atoms with E-state index >= 15 is 0 Å². The highest BCUT2D eigenvalue weighted by molar-refractivity contribution is 5.80. The highest BCUT2D eigenvalue weighted by atomic mass is 16.2. The molecule has 0 fully saturated rings. The minimum absolute atomic E-state index is 0.00810. The maximum Gasteiger partial charge on any atom is 0.269 e. The number of carbonyl (C=O) groups excluding carboxylic acids is 1. The zero-order valence-electron chi connectivity index (χ0n) is 14.2. The molecule has 1 atom stereocenters. The topological polar surface area (TPSA) is 55.2 Å². The number of nitrogens with zero attached hydrogens (tertiary/aromatic N) is 3. The van der Waals surface area contributed by atoms with E-state index in [2.05, 4.69) is 25.8 Å². The van der Waals surface area contributed by atoms with Gasteiger partial charge in [-0.15, -0.1) is 0 Å². The maximum absolute atomic E-state index is 12.8. The van der Waals surface area contributed by atoms with Crippen molar-refractivity contribution < 1.29 is 4.79 Å². The van der Waals surface area contributed by atoms with Crippen LogP contribution in [0.5, 0.6) is 0 Å². The minimum atomic E-state index is -0.239. The number of aromatic nitrogens is 2. The SMILES string of the molecule is CCCCN(C(=O)Cn1c(=O)cnc2ccccc21)C(C)CC. The van der Waals surface area contributed by atoms with Gasteiger partial charge in [-0.1, -0.05) is 32.4 Å². The van der Waals surface area contributed by atoms with Crippen LogP contribution in [0.3, 0.4) is 0 Å². The molecule has 0 saturated carbocycles. The Bertz CT molecular complexity index is 724. The Morgan fingerprint density at radius 2 is 2.04 bits per heavy atom. The number of hydrogen-bond acceptors (Lipinski definition) is 3. The molecule has 1 amide bonds. The van der Waals surface area contributed by atoms with Crippen LogP contribution in [0.2, 0.25) is 0 Å². The Hall–Kier alpha value is -2.17. The molecule has 0 radical (unpaired) electrons. The Labute approximate surface area is 136 Å². The van der Waals surface area contributed by atoms with Crippen LogP contribution in [0.4, 0.5) is 0 Å². The van der Waals surface area contributed by atoms with Crippen LogP contribution in [0, 0.1) is 0 Å². The summed E-state index contributed by atoms with van der Waals surface area (Å²) in [5.74, 6) is -0.00810. The fraction of sp³-hybridized carbons (Fsp3) is 0.500. The van der Waals surface area contributed by atoms with Crippen LogP contribution < -0.4 is 5.56 Å². The average Bonchev–Trinajstić information content (AvgIpc) is 2.57. The number of hydrogen-bond donors (Lipinski definition) is 0. The van der Waals surface area contributed by atoms with E-state index in [-0.39, 0.29) is 24.1 Å². The van der Waals surface area contributed by atoms with E-state index in [0.717, 1.165) is 31.3 Å². The molecule has 0 aliphatic rings. The molecule has 2 rings (SSSR count). The summed E-state index contributed by atoms with van der Waals surface area (Å²) in [6.45, 7) is 7.05. The quantitative estimate of drug-likeness (QED) is 0.789. The molecule has 1 aromatic heterocycles. The summed E-state index contributed by atoms with van der Waals surface area (Å²) in [6, 6.07) is 7.58. The van der Waals surface area contributed by atoms with Gasteiger partial charge in [-0.2, -0.15) is 0 Å². The Morgan fingerprint density at radius 1 is 1.30 bits per heavy atom. The Balaban J connectivity index is 2.31. The molecule has 5 heteroatoms. The Kier molecular flexibility index (Phi) is 5.90. The first kappa shape index (κ1) is 17.2. The molecule has 1 unspecified atom stereocenters. The second-order valence-electron chi connectivity index (χ2n) is 5.87. The second-order valence-corrected chi connectivity index (χ2v) is 5.87. The fourth-order valence-electron chi connectivity index (χ4n) is 2.64. The third kappa shape index (κ3) is 3.97. The van der Waals surface area contributed by atoms with E-state index in [9.17, 15) is 9.59 Å². The summed E-state index contributed by atoms with van der Waals surface area (Å²) in [6.07, 6.45) is 4.21. The highest BCUT2D eigenvalue weighted by Gasteiger charge is 2.19. The van der Waals surface area contributed by atoms with Gasteiger partial charge in [-0.25, -0.2) is 4.98 Å². The lowest BCUT2D eigenvalue weighted by Gasteiger charge is -2.29. The van der Waals surface area contributed by atoms with E-state index in [1.165, 1.54) is 10.8 Å². The van der Waals surface area contributed by atoms with Crippen LogP contribution in [-0.4, -0.2) is 32.9 Å². The minimum Gasteiger partial charge on any atom is -0.338 e. The van der Waals surface area contributed by atoms with Crippen molar-refractivity contribution >= 4 is 16.9 Å². The van der Waals surface area contributed by atoms with Gasteiger partial charge in [0.05, 0.1) is 17.2 Å². The van der Waals surface area contributed by atoms with Crippen LogP contribution >= 0.6 is 0 Å². The first-order valence-corrected chi connectivity index (χ1v) is 8.32. The summed E-state index contributed by atoms with van der Waals surface area (Å²) >= 11 is 0. The second kappa shape index (κ2) is 7.90. The number of amides is 1. The molecule has 5 nitrogen and oxygen atoms in total. The number of para-hydroxylation sites is 2. The van der Waals surface area contributed by atoms with Crippen molar-refractivity contribution in [3.05, 3.63) is 40.8 Å². The van der Waals surface area contributed by atoms with E-state index < -0.39 is 0 Å². The summed E-state index contributed by atoms with van der Waals surface area (Å²) in [4.78, 5) is 31.0. The van der Waals surface area contributed by atoms with Gasteiger partial charge in [0, 0.05) is 12.6 Å². The van der Waals surface area contributed by atoms with Gasteiger partial charge in [0.1, 0.15) is 6.54 Å². The molecule has 2 aromatic rings. The number of fused-ring (bicyclic) bond motifs is 1. The van der Waals surface area contributed by atoms with Crippen molar-refractivity contribution in [2.24, 2.45) is 0 Å². The molecular weight excluding hydrogens is 290 g/mol. The molecule has 0 bridgehead atoms. The van der Waals surface area contributed by atoms with Crippen LogP contribution in [-0.2, 0) is 11.3 Å². The van der Waals surface area contributed by atoms with Crippen LogP contribution in [0.15, 0.2) is 35.3 Å². The third-order valence-corrected chi connectivity index (χ3v) is 4.24. The maximum atomic E-state index is 12.8. The molecule has 0 saturated heterocycles. The molecular formula is C18H25N3O2. The summed E-state index contributed by atoms with van der Waals surface area (Å²) in [5.41, 5.74) is 1.19. The molecule has 23 heavy (non-hydrogen) atoms. The molecule has 124 valence electrons. The van der Waals surface area contributed by atoms with E-state index in [4.69, 9.17) is 0 Å². The summed E-state index contributed by atoms with van der Waals surface area (Å²) in [7, 11) is 0. The first-order chi connectivity index (χ1) is 11.1. The van der Waals surface area contributed by atoms with Crippen molar-refractivity contribution in [1.82, 2.24) is 14.5 Å². The van der Waals surface area contributed by atoms with Crippen molar-refractivity contribution in [3.8, 4) is 0 Å². The lowest BCUT2D eigenvalue weighted by molar-refractivity contribution is -0.134. The first-order valence-electron chi connectivity index (χ1n) is 8.32. The predicted octanol–water partition coefficient (Wildman–Crippen LogP) is 2.82. The molecule has 0 aliphatic heterocycles. The number of rotatable bonds is 7. The van der Waals surface area contributed by atoms with Gasteiger partial charge >= 0.3 is 0 Å². The van der Waals surface area contributed by atoms with E-state index in [1.807, 2.05) is 29.2 Å². The largest absolute Gasteiger partial charge is 0.338 e. The molecule has 0 aliphatic carbocycles. The van der Waals surface area contributed by atoms with E-state index in [1.54, 1.807) is 0 Å². The molecule has 0 spiro atoms. The molecule has 1 aromatic carbocycles. The summed E-state index contributed by atoms with van der Waals surface area (Å²) in [5, 5.41) is 0. The van der Waals surface area contributed by atoms with Gasteiger partial charge in [-0.05, 0) is 31.9 Å². The smallest absolute Gasteiger partial charge is 0.269 e. The zero-order valence-corrected chi connectivity index (χ0v) is 14.2. The number of carbonyl (C=O) groups is 1. The average molecular weight is 315 g/mol. The van der Waals surface area contributed by atoms with Crippen LogP contribution in [0.1, 0.15) is 40.0 Å². The van der Waals surface area contributed by atoms with Crippen molar-refractivity contribution in [2.45, 2.75) is 52.6 Å². The van der Waals surface area contributed by atoms with E-state index in [0.29, 0.717) is 5.52 Å². The molecule has 0 N–H and O–H groups in total. The van der Waals surface area contributed by atoms with Gasteiger partial charge in [-0.3, -0.25) is 14.2 Å². The normalized spacial score (nSPS) is 12.3. The van der Waals surface area contributed by atoms with Gasteiger partial charge < -0.3 is 4.90 Å². The van der Waals surface area contributed by atoms with Crippen molar-refractivity contribution in [1.29, 1.82) is 0 Å². The fourth-order valence-corrected chi connectivity index (χ4v) is 2.64.